The average molecular weight is 463 g/mol. The molecule has 1 saturated heterocycles. The number of ketones is 1. The van der Waals surface area contributed by atoms with Gasteiger partial charge in [0.25, 0.3) is 11.8 Å². The first-order valence-corrected chi connectivity index (χ1v) is 11.5. The van der Waals surface area contributed by atoms with Gasteiger partial charge in [-0.15, -0.1) is 0 Å². The molecule has 34 heavy (non-hydrogen) atoms. The van der Waals surface area contributed by atoms with Crippen molar-refractivity contribution in [2.45, 2.75) is 37.7 Å². The standard InChI is InChI=1S/C26H26N2O6/c1-33-17-8-9-20-21(29)16-26(34-22(20)15-17)10-13-27(14-11-26)23(30)7-4-12-28-24(31)18-5-2-3-6-19(18)25(28)32/h2-3,5-6,8-9,15H,4,7,10-14,16H2,1H3. The predicted octanol–water partition coefficient (Wildman–Crippen LogP) is 3.10. The quantitative estimate of drug-likeness (QED) is 0.634. The molecule has 8 heteroatoms. The summed E-state index contributed by atoms with van der Waals surface area (Å²) in [5.41, 5.74) is 0.800. The Labute approximate surface area is 197 Å². The second-order valence-corrected chi connectivity index (χ2v) is 9.04. The molecule has 0 saturated carbocycles. The fourth-order valence-electron chi connectivity index (χ4n) is 5.03. The van der Waals surface area contributed by atoms with Gasteiger partial charge in [-0.1, -0.05) is 12.1 Å². The topological polar surface area (TPSA) is 93.2 Å². The normalized spacial score (nSPS) is 18.6. The van der Waals surface area contributed by atoms with Gasteiger partial charge in [0, 0.05) is 45.0 Å². The second-order valence-electron chi connectivity index (χ2n) is 9.04. The number of ether oxygens (including phenoxy) is 2. The lowest BCUT2D eigenvalue weighted by Crippen LogP contribution is -2.52. The number of hydrogen-bond donors (Lipinski definition) is 0. The molecule has 0 unspecified atom stereocenters. The van der Waals surface area contributed by atoms with Crippen LogP contribution in [0.3, 0.4) is 0 Å². The molecule has 0 N–H and O–H groups in total. The molecule has 1 fully saturated rings. The molecular weight excluding hydrogens is 436 g/mol. The summed E-state index contributed by atoms with van der Waals surface area (Å²) in [7, 11) is 1.57. The summed E-state index contributed by atoms with van der Waals surface area (Å²) in [4.78, 5) is 53.4. The van der Waals surface area contributed by atoms with Crippen LogP contribution in [-0.2, 0) is 4.79 Å². The van der Waals surface area contributed by atoms with E-state index in [-0.39, 0.29) is 36.5 Å². The minimum Gasteiger partial charge on any atom is -0.497 e. The molecule has 3 aliphatic rings. The number of nitrogens with zero attached hydrogens (tertiary/aromatic N) is 2. The SMILES string of the molecule is COc1ccc2c(c1)OC1(CCN(C(=O)CCCN3C(=O)c4ccccc4C3=O)CC1)CC2=O. The van der Waals surface area contributed by atoms with Gasteiger partial charge in [-0.2, -0.15) is 0 Å². The van der Waals surface area contributed by atoms with E-state index >= 15 is 0 Å². The summed E-state index contributed by atoms with van der Waals surface area (Å²) in [6, 6.07) is 12.0. The van der Waals surface area contributed by atoms with Crippen molar-refractivity contribution in [3.63, 3.8) is 0 Å². The maximum Gasteiger partial charge on any atom is 0.261 e. The number of fused-ring (bicyclic) bond motifs is 2. The Morgan fingerprint density at radius 1 is 1.00 bits per heavy atom. The largest absolute Gasteiger partial charge is 0.497 e. The highest BCUT2D eigenvalue weighted by atomic mass is 16.5. The van der Waals surface area contributed by atoms with Crippen molar-refractivity contribution >= 4 is 23.5 Å². The van der Waals surface area contributed by atoms with Gasteiger partial charge in [0.05, 0.1) is 30.2 Å². The molecule has 8 nitrogen and oxygen atoms in total. The highest BCUT2D eigenvalue weighted by Crippen LogP contribution is 2.40. The van der Waals surface area contributed by atoms with Crippen molar-refractivity contribution in [3.8, 4) is 11.5 Å². The van der Waals surface area contributed by atoms with Crippen LogP contribution in [0.2, 0.25) is 0 Å². The summed E-state index contributed by atoms with van der Waals surface area (Å²) >= 11 is 0. The molecule has 2 aromatic rings. The molecule has 3 heterocycles. The summed E-state index contributed by atoms with van der Waals surface area (Å²) in [5.74, 6) is 0.596. The average Bonchev–Trinajstić information content (AvgIpc) is 3.09. The van der Waals surface area contributed by atoms with Gasteiger partial charge >= 0.3 is 0 Å². The summed E-state index contributed by atoms with van der Waals surface area (Å²) < 4.78 is 11.5. The number of Topliss-reactive ketones (excluding diaryl/α,β-unsaturated/α-hetero) is 1. The van der Waals surface area contributed by atoms with E-state index in [1.165, 1.54) is 4.90 Å². The zero-order chi connectivity index (χ0) is 23.9. The van der Waals surface area contributed by atoms with Gasteiger partial charge in [-0.3, -0.25) is 24.1 Å². The molecule has 1 spiro atoms. The van der Waals surface area contributed by atoms with Crippen LogP contribution in [0, 0.1) is 0 Å². The lowest BCUT2D eigenvalue weighted by atomic mass is 9.82. The summed E-state index contributed by atoms with van der Waals surface area (Å²) in [6.07, 6.45) is 2.10. The van der Waals surface area contributed by atoms with E-state index in [1.807, 2.05) is 0 Å². The molecule has 0 atom stereocenters. The van der Waals surface area contributed by atoms with Gasteiger partial charge < -0.3 is 14.4 Å². The Bertz CT molecular complexity index is 1150. The van der Waals surface area contributed by atoms with Crippen molar-refractivity contribution in [1.29, 1.82) is 0 Å². The Balaban J connectivity index is 1.14. The molecule has 176 valence electrons. The van der Waals surface area contributed by atoms with Crippen molar-refractivity contribution in [3.05, 3.63) is 59.2 Å². The summed E-state index contributed by atoms with van der Waals surface area (Å²) in [5, 5.41) is 0. The first-order valence-electron chi connectivity index (χ1n) is 11.5. The zero-order valence-corrected chi connectivity index (χ0v) is 19.0. The van der Waals surface area contributed by atoms with E-state index in [0.29, 0.717) is 67.0 Å². The molecule has 3 aliphatic heterocycles. The molecule has 0 bridgehead atoms. The Kier molecular flexibility index (Phi) is 5.59. The number of benzene rings is 2. The molecule has 0 aliphatic carbocycles. The number of piperidine rings is 1. The lowest BCUT2D eigenvalue weighted by molar-refractivity contribution is -0.134. The van der Waals surface area contributed by atoms with E-state index in [9.17, 15) is 19.2 Å². The van der Waals surface area contributed by atoms with Crippen LogP contribution < -0.4 is 9.47 Å². The van der Waals surface area contributed by atoms with Crippen LogP contribution >= 0.6 is 0 Å². The Morgan fingerprint density at radius 2 is 1.68 bits per heavy atom. The van der Waals surface area contributed by atoms with Gasteiger partial charge in [0.1, 0.15) is 17.1 Å². The van der Waals surface area contributed by atoms with Crippen LogP contribution in [0.4, 0.5) is 0 Å². The minimum absolute atomic E-state index is 0.0179. The Morgan fingerprint density at radius 3 is 2.32 bits per heavy atom. The van der Waals surface area contributed by atoms with Crippen molar-refractivity contribution in [2.24, 2.45) is 0 Å². The lowest BCUT2D eigenvalue weighted by Gasteiger charge is -2.44. The first kappa shape index (κ1) is 22.1. The fourth-order valence-corrected chi connectivity index (χ4v) is 5.03. The predicted molar refractivity (Wildman–Crippen MR) is 122 cm³/mol. The fraction of sp³-hybridized carbons (Fsp3) is 0.385. The van der Waals surface area contributed by atoms with Crippen molar-refractivity contribution < 1.29 is 28.7 Å². The molecule has 2 aromatic carbocycles. The van der Waals surface area contributed by atoms with Crippen LogP contribution in [0.1, 0.15) is 63.2 Å². The van der Waals surface area contributed by atoms with Gasteiger partial charge in [-0.05, 0) is 30.7 Å². The van der Waals surface area contributed by atoms with Gasteiger partial charge in [0.15, 0.2) is 5.78 Å². The van der Waals surface area contributed by atoms with Crippen LogP contribution in [0.25, 0.3) is 0 Å². The molecule has 0 radical (unpaired) electrons. The number of imide groups is 1. The second kappa shape index (κ2) is 8.59. The third kappa shape index (κ3) is 3.83. The minimum atomic E-state index is -0.604. The maximum atomic E-state index is 12.8. The highest BCUT2D eigenvalue weighted by molar-refractivity contribution is 6.21. The maximum absolute atomic E-state index is 12.8. The monoisotopic (exact) mass is 462 g/mol. The van der Waals surface area contributed by atoms with Crippen LogP contribution in [0.15, 0.2) is 42.5 Å². The van der Waals surface area contributed by atoms with Crippen LogP contribution in [0.5, 0.6) is 11.5 Å². The zero-order valence-electron chi connectivity index (χ0n) is 19.0. The molecule has 0 aromatic heterocycles. The molecule has 3 amide bonds. The van der Waals surface area contributed by atoms with E-state index in [4.69, 9.17) is 9.47 Å². The van der Waals surface area contributed by atoms with Gasteiger partial charge in [0.2, 0.25) is 5.91 Å². The highest BCUT2D eigenvalue weighted by Gasteiger charge is 2.44. The van der Waals surface area contributed by atoms with Crippen molar-refractivity contribution in [2.75, 3.05) is 26.7 Å². The number of hydrogen-bond acceptors (Lipinski definition) is 6. The Hall–Kier alpha value is -3.68. The van der Waals surface area contributed by atoms with E-state index in [1.54, 1.807) is 54.5 Å². The third-order valence-electron chi connectivity index (χ3n) is 6.98. The first-order chi connectivity index (χ1) is 16.4. The number of carbonyl (C=O) groups is 4. The molecular formula is C26H26N2O6. The molecule has 5 rings (SSSR count). The van der Waals surface area contributed by atoms with E-state index in [0.717, 1.165) is 0 Å². The summed E-state index contributed by atoms with van der Waals surface area (Å²) in [6.45, 7) is 1.21. The third-order valence-corrected chi connectivity index (χ3v) is 6.98. The number of carbonyl (C=O) groups excluding carboxylic acids is 4. The smallest absolute Gasteiger partial charge is 0.261 e. The van der Waals surface area contributed by atoms with Crippen LogP contribution in [-0.4, -0.2) is 65.6 Å². The van der Waals surface area contributed by atoms with E-state index < -0.39 is 5.60 Å². The number of amides is 3. The number of rotatable bonds is 5. The van der Waals surface area contributed by atoms with Crippen molar-refractivity contribution in [1.82, 2.24) is 9.80 Å². The van der Waals surface area contributed by atoms with E-state index in [2.05, 4.69) is 0 Å². The number of likely N-dealkylation sites (tertiary alicyclic amines) is 1. The van der Waals surface area contributed by atoms with Gasteiger partial charge in [-0.25, -0.2) is 0 Å². The number of methoxy groups -OCH3 is 1.